The second-order valence-corrected chi connectivity index (χ2v) is 6.69. The second-order valence-electron chi connectivity index (χ2n) is 6.69. The standard InChI is InChI=1S/C14H22N8O5/c1-5-25-12(26-5)14(2)6(3-23)27-11(8(14)24)22-4-17-7-9(20-15)18-13(21-16)19-10(7)22/h4-6,8,11-12,23-24H,3,15-16H2,1-2H3,(H2,18,19,20,21). The molecule has 13 nitrogen and oxygen atoms in total. The van der Waals surface area contributed by atoms with Crippen LogP contribution in [0.1, 0.15) is 20.1 Å². The molecule has 8 N–H and O–H groups in total. The summed E-state index contributed by atoms with van der Waals surface area (Å²) in [5.74, 6) is 11.3. The highest BCUT2D eigenvalue weighted by molar-refractivity contribution is 5.84. The van der Waals surface area contributed by atoms with Crippen LogP contribution in [0.15, 0.2) is 6.33 Å². The lowest BCUT2D eigenvalue weighted by Gasteiger charge is -2.46. The summed E-state index contributed by atoms with van der Waals surface area (Å²) in [6.07, 6.45) is -2.35. The smallest absolute Gasteiger partial charge is 0.241 e. The molecular weight excluding hydrogens is 360 g/mol. The van der Waals surface area contributed by atoms with E-state index in [0.29, 0.717) is 11.2 Å². The summed E-state index contributed by atoms with van der Waals surface area (Å²) < 4.78 is 18.6. The fraction of sp³-hybridized carbons (Fsp3) is 0.643. The third kappa shape index (κ3) is 2.55. The van der Waals surface area contributed by atoms with Crippen LogP contribution in [0.4, 0.5) is 11.8 Å². The number of nitrogen functional groups attached to an aromatic ring is 2. The molecule has 2 fully saturated rings. The zero-order valence-electron chi connectivity index (χ0n) is 14.7. The summed E-state index contributed by atoms with van der Waals surface area (Å²) in [6, 6.07) is 0. The van der Waals surface area contributed by atoms with Gasteiger partial charge in [0.2, 0.25) is 5.95 Å². The maximum atomic E-state index is 11.0. The van der Waals surface area contributed by atoms with Gasteiger partial charge in [0.15, 0.2) is 35.8 Å². The molecule has 13 heteroatoms. The number of rotatable bonds is 5. The van der Waals surface area contributed by atoms with Crippen molar-refractivity contribution in [1.29, 1.82) is 0 Å². The van der Waals surface area contributed by atoms with E-state index in [1.807, 2.05) is 0 Å². The average molecular weight is 382 g/mol. The molecule has 0 spiro atoms. The van der Waals surface area contributed by atoms with Crippen molar-refractivity contribution in [2.45, 2.75) is 44.9 Å². The number of aromatic nitrogens is 4. The van der Waals surface area contributed by atoms with Crippen LogP contribution in [0, 0.1) is 5.41 Å². The van der Waals surface area contributed by atoms with Crippen molar-refractivity contribution in [2.75, 3.05) is 17.5 Å². The number of hydrogen-bond donors (Lipinski definition) is 6. The lowest BCUT2D eigenvalue weighted by atomic mass is 9.79. The van der Waals surface area contributed by atoms with E-state index in [4.69, 9.17) is 25.9 Å². The molecule has 4 atom stereocenters. The van der Waals surface area contributed by atoms with Crippen LogP contribution in [-0.2, 0) is 14.2 Å². The number of hydrogen-bond acceptors (Lipinski definition) is 12. The van der Waals surface area contributed by atoms with Gasteiger partial charge in [-0.2, -0.15) is 9.97 Å². The van der Waals surface area contributed by atoms with E-state index < -0.39 is 30.1 Å². The Balaban J connectivity index is 1.75. The van der Waals surface area contributed by atoms with Crippen molar-refractivity contribution in [3.05, 3.63) is 6.33 Å². The lowest BCUT2D eigenvalue weighted by Crippen LogP contribution is -2.58. The van der Waals surface area contributed by atoms with Crippen LogP contribution in [-0.4, -0.2) is 61.1 Å². The maximum Gasteiger partial charge on any atom is 0.241 e. The number of nitrogens with one attached hydrogen (secondary N) is 2. The summed E-state index contributed by atoms with van der Waals surface area (Å²) in [5.41, 5.74) is 4.48. The highest BCUT2D eigenvalue weighted by Gasteiger charge is 2.61. The summed E-state index contributed by atoms with van der Waals surface area (Å²) >= 11 is 0. The van der Waals surface area contributed by atoms with E-state index in [-0.39, 0.29) is 24.7 Å². The molecule has 2 aromatic heterocycles. The Labute approximate surface area is 153 Å². The van der Waals surface area contributed by atoms with Crippen LogP contribution in [0.5, 0.6) is 0 Å². The van der Waals surface area contributed by atoms with Gasteiger partial charge in [0.1, 0.15) is 6.10 Å². The molecule has 4 unspecified atom stereocenters. The number of ether oxygens (including phenoxy) is 3. The van der Waals surface area contributed by atoms with Gasteiger partial charge >= 0.3 is 0 Å². The van der Waals surface area contributed by atoms with Crippen LogP contribution < -0.4 is 22.5 Å². The second kappa shape index (κ2) is 6.49. The molecule has 2 saturated heterocycles. The fourth-order valence-electron chi connectivity index (χ4n) is 3.56. The number of nitrogens with zero attached hydrogens (tertiary/aromatic N) is 4. The summed E-state index contributed by atoms with van der Waals surface area (Å²) in [6.45, 7) is 3.16. The Hall–Kier alpha value is -2.13. The quantitative estimate of drug-likeness (QED) is 0.256. The molecule has 0 amide bonds. The van der Waals surface area contributed by atoms with Crippen LogP contribution in [0.25, 0.3) is 11.2 Å². The van der Waals surface area contributed by atoms with Crippen molar-refractivity contribution < 1.29 is 24.4 Å². The largest absolute Gasteiger partial charge is 0.394 e. The molecule has 0 radical (unpaired) electrons. The highest BCUT2D eigenvalue weighted by atomic mass is 16.9. The van der Waals surface area contributed by atoms with E-state index in [1.165, 1.54) is 10.9 Å². The molecule has 2 aliphatic rings. The molecular formula is C14H22N8O5. The zero-order valence-corrected chi connectivity index (χ0v) is 14.7. The van der Waals surface area contributed by atoms with Crippen LogP contribution in [0.2, 0.25) is 0 Å². The summed E-state index contributed by atoms with van der Waals surface area (Å²) in [4.78, 5) is 12.6. The predicted molar refractivity (Wildman–Crippen MR) is 91.5 cm³/mol. The Morgan fingerprint density at radius 1 is 1.26 bits per heavy atom. The minimum atomic E-state index is -1.08. The first kappa shape index (κ1) is 18.2. The van der Waals surface area contributed by atoms with Crippen LogP contribution >= 0.6 is 0 Å². The van der Waals surface area contributed by atoms with Gasteiger partial charge in [-0.1, -0.05) is 0 Å². The summed E-state index contributed by atoms with van der Waals surface area (Å²) in [5, 5.41) is 20.8. The molecule has 148 valence electrons. The molecule has 0 bridgehead atoms. The molecule has 2 aromatic rings. The minimum Gasteiger partial charge on any atom is -0.394 e. The van der Waals surface area contributed by atoms with Gasteiger partial charge in [0, 0.05) is 0 Å². The van der Waals surface area contributed by atoms with Gasteiger partial charge in [0.05, 0.1) is 24.5 Å². The first-order chi connectivity index (χ1) is 12.9. The molecule has 0 aliphatic carbocycles. The summed E-state index contributed by atoms with van der Waals surface area (Å²) in [7, 11) is 0. The number of aliphatic hydroxyl groups is 2. The maximum absolute atomic E-state index is 11.0. The van der Waals surface area contributed by atoms with Crippen LogP contribution in [0.3, 0.4) is 0 Å². The normalized spacial score (nSPS) is 36.0. The van der Waals surface area contributed by atoms with E-state index in [1.54, 1.807) is 13.8 Å². The predicted octanol–water partition coefficient (Wildman–Crippen LogP) is -1.63. The van der Waals surface area contributed by atoms with E-state index in [0.717, 1.165) is 0 Å². The average Bonchev–Trinajstić information content (AvgIpc) is 3.18. The lowest BCUT2D eigenvalue weighted by molar-refractivity contribution is -0.418. The van der Waals surface area contributed by atoms with Gasteiger partial charge in [-0.3, -0.25) is 9.99 Å². The number of aliphatic hydroxyl groups excluding tert-OH is 2. The highest BCUT2D eigenvalue weighted by Crippen LogP contribution is 2.50. The van der Waals surface area contributed by atoms with Crippen molar-refractivity contribution >= 4 is 22.9 Å². The third-order valence-electron chi connectivity index (χ3n) is 5.17. The molecule has 4 rings (SSSR count). The van der Waals surface area contributed by atoms with Crippen molar-refractivity contribution in [3.63, 3.8) is 0 Å². The molecule has 0 saturated carbocycles. The monoisotopic (exact) mass is 382 g/mol. The van der Waals surface area contributed by atoms with Gasteiger partial charge < -0.3 is 29.8 Å². The Bertz CT molecular complexity index is 842. The first-order valence-corrected chi connectivity index (χ1v) is 8.37. The molecule has 4 heterocycles. The Morgan fingerprint density at radius 3 is 2.59 bits per heavy atom. The van der Waals surface area contributed by atoms with Gasteiger partial charge in [-0.05, 0) is 13.8 Å². The van der Waals surface area contributed by atoms with Gasteiger partial charge in [-0.25, -0.2) is 16.7 Å². The van der Waals surface area contributed by atoms with Crippen molar-refractivity contribution in [3.8, 4) is 0 Å². The van der Waals surface area contributed by atoms with E-state index in [2.05, 4.69) is 25.8 Å². The van der Waals surface area contributed by atoms with E-state index in [9.17, 15) is 10.2 Å². The molecule has 0 aromatic carbocycles. The third-order valence-corrected chi connectivity index (χ3v) is 5.17. The Kier molecular flexibility index (Phi) is 4.38. The number of nitrogens with two attached hydrogens (primary N) is 2. The molecule has 27 heavy (non-hydrogen) atoms. The number of hydrazine groups is 2. The molecule has 2 aliphatic heterocycles. The fourth-order valence-corrected chi connectivity index (χ4v) is 3.56. The number of fused-ring (bicyclic) bond motifs is 1. The number of imidazole rings is 1. The van der Waals surface area contributed by atoms with E-state index >= 15 is 0 Å². The van der Waals surface area contributed by atoms with Crippen molar-refractivity contribution in [1.82, 2.24) is 19.5 Å². The minimum absolute atomic E-state index is 0.102. The zero-order chi connectivity index (χ0) is 19.3. The van der Waals surface area contributed by atoms with Gasteiger partial charge in [0.25, 0.3) is 0 Å². The van der Waals surface area contributed by atoms with Crippen molar-refractivity contribution in [2.24, 2.45) is 17.1 Å². The Morgan fingerprint density at radius 2 is 2.00 bits per heavy atom. The number of anilines is 2. The topological polar surface area (TPSA) is 188 Å². The first-order valence-electron chi connectivity index (χ1n) is 8.37. The SMILES string of the molecule is CC1OC(C2(C)C(CO)OC(n3cnc4c(NN)nc(NN)nc43)C2O)O1. The van der Waals surface area contributed by atoms with Gasteiger partial charge in [-0.15, -0.1) is 0 Å².